The third kappa shape index (κ3) is 8.13. The van der Waals surface area contributed by atoms with E-state index in [9.17, 15) is 13.9 Å². The van der Waals surface area contributed by atoms with Crippen LogP contribution in [-0.2, 0) is 17.8 Å². The zero-order valence-corrected chi connectivity index (χ0v) is 32.4. The zero-order valence-electron chi connectivity index (χ0n) is 32.4. The third-order valence-corrected chi connectivity index (χ3v) is 11.2. The maximum absolute atomic E-state index is 14.1. The Hall–Kier alpha value is -5.28. The van der Waals surface area contributed by atoms with Crippen LogP contribution in [0.2, 0.25) is 0 Å². The number of ether oxygens (including phenoxy) is 3. The van der Waals surface area contributed by atoms with Gasteiger partial charge >= 0.3 is 0 Å². The number of anilines is 2. The van der Waals surface area contributed by atoms with Crippen molar-refractivity contribution in [3.63, 3.8) is 0 Å². The lowest BCUT2D eigenvalue weighted by molar-refractivity contribution is -0.0281. The highest BCUT2D eigenvalue weighted by molar-refractivity contribution is 5.97. The molecular formula is C43H48F2N8O4. The largest absolute Gasteiger partial charge is 0.496 e. The fourth-order valence-corrected chi connectivity index (χ4v) is 8.07. The summed E-state index contributed by atoms with van der Waals surface area (Å²) in [5.74, 6) is 0.925. The van der Waals surface area contributed by atoms with Crippen molar-refractivity contribution in [1.82, 2.24) is 35.4 Å². The molecule has 1 saturated carbocycles. The number of aliphatic hydroxyl groups is 1. The maximum atomic E-state index is 14.1. The van der Waals surface area contributed by atoms with Gasteiger partial charge in [-0.25, -0.2) is 23.4 Å². The molecule has 1 aliphatic carbocycles. The van der Waals surface area contributed by atoms with Gasteiger partial charge in [0.25, 0.3) is 6.43 Å². The molecule has 2 unspecified atom stereocenters. The molecule has 12 nitrogen and oxygen atoms in total. The minimum absolute atomic E-state index is 0.100. The van der Waals surface area contributed by atoms with Crippen LogP contribution < -0.4 is 25.4 Å². The molecule has 57 heavy (non-hydrogen) atoms. The van der Waals surface area contributed by atoms with Crippen molar-refractivity contribution >= 4 is 33.4 Å². The predicted molar refractivity (Wildman–Crippen MR) is 216 cm³/mol. The van der Waals surface area contributed by atoms with Crippen LogP contribution in [0.4, 0.5) is 20.3 Å². The summed E-state index contributed by atoms with van der Waals surface area (Å²) in [6.07, 6.45) is 6.87. The summed E-state index contributed by atoms with van der Waals surface area (Å²) in [5, 5.41) is 26.5. The molecule has 0 amide bonds. The first-order valence-electron chi connectivity index (χ1n) is 19.6. The highest BCUT2D eigenvalue weighted by Crippen LogP contribution is 2.38. The van der Waals surface area contributed by atoms with Crippen LogP contribution in [0.3, 0.4) is 0 Å². The lowest BCUT2D eigenvalue weighted by Crippen LogP contribution is -2.46. The number of pyridine rings is 1. The number of hydrogen-bond donors (Lipinski definition) is 4. The highest BCUT2D eigenvalue weighted by atomic mass is 19.3. The van der Waals surface area contributed by atoms with Gasteiger partial charge in [-0.15, -0.1) is 0 Å². The summed E-state index contributed by atoms with van der Waals surface area (Å²) in [6.45, 7) is 3.92. The first-order chi connectivity index (χ1) is 27.8. The fraction of sp³-hybridized carbons (Fsp3) is 0.395. The summed E-state index contributed by atoms with van der Waals surface area (Å²) in [5.41, 5.74) is 7.61. The second kappa shape index (κ2) is 17.1. The first kappa shape index (κ1) is 38.6. The summed E-state index contributed by atoms with van der Waals surface area (Å²) >= 11 is 0. The Bertz CT molecular complexity index is 2340. The van der Waals surface area contributed by atoms with E-state index in [0.29, 0.717) is 67.0 Å². The Labute approximate surface area is 330 Å². The van der Waals surface area contributed by atoms with Crippen LogP contribution in [0.25, 0.3) is 38.8 Å². The predicted octanol–water partition coefficient (Wildman–Crippen LogP) is 7.70. The Kier molecular flexibility index (Phi) is 11.6. The summed E-state index contributed by atoms with van der Waals surface area (Å²) in [6, 6.07) is 17.9. The standard InChI is InChI=1S/C43H48F2N8O4/c1-25-29(11-7-13-33(25)50-42-40-35(51-43(52-42)41(44)45)17-26(21-48-40)20-46-27-9-5-4-6-10-27)30-12-8-14-36-31(30)23-49-53(36)28-18-38(55-2)32(39(19-28)56-3)22-47-34-15-16-57-24-37(34)54/h7-8,11-14,17-19,21,23,27,34,37,41,46-47,54H,4-6,9-10,15-16,20,22,24H2,1-3H3,(H,50,51,52). The minimum atomic E-state index is -2.85. The van der Waals surface area contributed by atoms with Gasteiger partial charge in [0, 0.05) is 61.2 Å². The second-order valence-electron chi connectivity index (χ2n) is 14.8. The van der Waals surface area contributed by atoms with E-state index in [1.807, 2.05) is 72.4 Å². The Morgan fingerprint density at radius 1 is 0.912 bits per heavy atom. The van der Waals surface area contributed by atoms with E-state index >= 15 is 0 Å². The van der Waals surface area contributed by atoms with Crippen molar-refractivity contribution in [3.05, 3.63) is 89.5 Å². The molecule has 0 bridgehead atoms. The van der Waals surface area contributed by atoms with Gasteiger partial charge in [0.2, 0.25) is 0 Å². The number of aromatic nitrogens is 5. The summed E-state index contributed by atoms with van der Waals surface area (Å²) < 4.78 is 47.2. The van der Waals surface area contributed by atoms with E-state index in [-0.39, 0.29) is 11.9 Å². The SMILES string of the molecule is COc1cc(-n2ncc3c(-c4cccc(Nc5nc(C(F)F)nc6cc(CNC7CCCCC7)cnc56)c4C)cccc32)cc(OC)c1CNC1CCOCC1O. The average molecular weight is 779 g/mol. The number of halogens is 2. The van der Waals surface area contributed by atoms with Crippen LogP contribution in [0.15, 0.2) is 67.0 Å². The summed E-state index contributed by atoms with van der Waals surface area (Å²) in [7, 11) is 3.24. The van der Waals surface area contributed by atoms with Gasteiger partial charge in [0.05, 0.1) is 55.4 Å². The van der Waals surface area contributed by atoms with Gasteiger partial charge in [0.1, 0.15) is 17.0 Å². The fourth-order valence-electron chi connectivity index (χ4n) is 8.07. The van der Waals surface area contributed by atoms with Crippen LogP contribution >= 0.6 is 0 Å². The molecular weight excluding hydrogens is 731 g/mol. The van der Waals surface area contributed by atoms with Crippen LogP contribution in [0, 0.1) is 6.92 Å². The topological polar surface area (TPSA) is 140 Å². The summed E-state index contributed by atoms with van der Waals surface area (Å²) in [4.78, 5) is 13.1. The van der Waals surface area contributed by atoms with Gasteiger partial charge in [-0.1, -0.05) is 43.5 Å². The van der Waals surface area contributed by atoms with E-state index in [2.05, 4.69) is 30.9 Å². The van der Waals surface area contributed by atoms with Gasteiger partial charge in [-0.3, -0.25) is 4.98 Å². The molecule has 298 valence electrons. The molecule has 14 heteroatoms. The first-order valence-corrected chi connectivity index (χ1v) is 19.6. The number of hydrogen-bond acceptors (Lipinski definition) is 11. The molecule has 0 spiro atoms. The molecule has 2 atom stereocenters. The molecule has 4 N–H and O–H groups in total. The zero-order chi connectivity index (χ0) is 39.5. The monoisotopic (exact) mass is 778 g/mol. The molecule has 3 aromatic heterocycles. The number of nitrogens with zero attached hydrogens (tertiary/aromatic N) is 5. The van der Waals surface area contributed by atoms with Crippen LogP contribution in [-0.4, -0.2) is 75.5 Å². The van der Waals surface area contributed by atoms with Crippen LogP contribution in [0.1, 0.15) is 67.5 Å². The molecule has 8 rings (SSSR count). The van der Waals surface area contributed by atoms with E-state index in [0.717, 1.165) is 57.2 Å². The van der Waals surface area contributed by atoms with Gasteiger partial charge in [-0.2, -0.15) is 5.10 Å². The Morgan fingerprint density at radius 3 is 2.44 bits per heavy atom. The minimum Gasteiger partial charge on any atom is -0.496 e. The number of methoxy groups -OCH3 is 2. The van der Waals surface area contributed by atoms with Crippen molar-refractivity contribution in [3.8, 4) is 28.3 Å². The molecule has 3 aromatic carbocycles. The van der Waals surface area contributed by atoms with Crippen molar-refractivity contribution in [2.24, 2.45) is 0 Å². The quantitative estimate of drug-likeness (QED) is 0.0917. The molecule has 2 fully saturated rings. The maximum Gasteiger partial charge on any atom is 0.297 e. The number of rotatable bonds is 13. The lowest BCUT2D eigenvalue weighted by atomic mass is 9.95. The van der Waals surface area contributed by atoms with E-state index in [1.165, 1.54) is 19.3 Å². The molecule has 6 aromatic rings. The Balaban J connectivity index is 1.09. The number of aliphatic hydroxyl groups excluding tert-OH is 1. The van der Waals surface area contributed by atoms with E-state index in [1.54, 1.807) is 20.4 Å². The number of nitrogens with one attached hydrogen (secondary N) is 3. The number of fused-ring (bicyclic) bond motifs is 2. The normalized spacial score (nSPS) is 17.7. The Morgan fingerprint density at radius 2 is 1.68 bits per heavy atom. The molecule has 4 heterocycles. The number of benzene rings is 3. The average Bonchev–Trinajstić information content (AvgIpc) is 3.68. The molecule has 2 aliphatic rings. The second-order valence-corrected chi connectivity index (χ2v) is 14.8. The van der Waals surface area contributed by atoms with Crippen molar-refractivity contribution in [2.45, 2.75) is 83.2 Å². The lowest BCUT2D eigenvalue weighted by Gasteiger charge is -2.29. The van der Waals surface area contributed by atoms with Crippen molar-refractivity contribution in [2.75, 3.05) is 32.8 Å². The van der Waals surface area contributed by atoms with Gasteiger partial charge < -0.3 is 35.3 Å². The van der Waals surface area contributed by atoms with E-state index in [4.69, 9.17) is 19.3 Å². The third-order valence-electron chi connectivity index (χ3n) is 11.2. The molecule has 0 radical (unpaired) electrons. The van der Waals surface area contributed by atoms with Crippen molar-refractivity contribution < 1.29 is 28.1 Å². The molecule has 1 saturated heterocycles. The smallest absolute Gasteiger partial charge is 0.297 e. The number of alkyl halides is 2. The van der Waals surface area contributed by atoms with Gasteiger partial charge in [0.15, 0.2) is 11.6 Å². The van der Waals surface area contributed by atoms with Crippen molar-refractivity contribution in [1.29, 1.82) is 0 Å². The van der Waals surface area contributed by atoms with E-state index < -0.39 is 18.4 Å². The van der Waals surface area contributed by atoms with Crippen LogP contribution in [0.5, 0.6) is 11.5 Å². The van der Waals surface area contributed by atoms with Gasteiger partial charge in [-0.05, 0) is 66.6 Å². The molecule has 1 aliphatic heterocycles. The highest BCUT2D eigenvalue weighted by Gasteiger charge is 2.25.